The molecule has 3 N–H and O–H groups in total. The number of nitrogens with zero attached hydrogens (tertiary/aromatic N) is 2. The molecule has 6 rings (SSSR count). The minimum Gasteiger partial charge on any atom is -0.454 e. The molecule has 10 nitrogen and oxygen atoms in total. The minimum absolute atomic E-state index is 0.0439. The lowest BCUT2D eigenvalue weighted by Crippen LogP contribution is -2.32. The molecule has 1 atom stereocenters. The topological polar surface area (TPSA) is 116 Å². The Kier molecular flexibility index (Phi) is 9.06. The van der Waals surface area contributed by atoms with E-state index >= 15 is 0 Å². The van der Waals surface area contributed by atoms with Crippen LogP contribution in [0.4, 0.5) is 23.7 Å². The summed E-state index contributed by atoms with van der Waals surface area (Å²) in [5, 5.41) is 12.7. The number of nitrogens with one attached hydrogen (secondary N) is 3. The fourth-order valence-electron chi connectivity index (χ4n) is 5.35. The number of para-hydroxylation sites is 1. The van der Waals surface area contributed by atoms with Crippen LogP contribution in [0.15, 0.2) is 72.8 Å². The van der Waals surface area contributed by atoms with Crippen LogP contribution in [-0.2, 0) is 17.5 Å². The molecule has 1 saturated carbocycles. The molecule has 1 unspecified atom stereocenters. The van der Waals surface area contributed by atoms with Gasteiger partial charge in [-0.3, -0.25) is 4.79 Å². The zero-order valence-electron chi connectivity index (χ0n) is 26.7. The largest absolute Gasteiger partial charge is 0.454 e. The summed E-state index contributed by atoms with van der Waals surface area (Å²) in [7, 11) is 0. The SMILES string of the molecule is CC(C)(C)OC(=O)NCc1cccc(-n2nc(C(F)(F)F)cc2C(=O)Nc2cccc(C(NCC3CC3)c3cccc4c3OCO4)c2)c1. The van der Waals surface area contributed by atoms with Gasteiger partial charge in [0.25, 0.3) is 5.91 Å². The van der Waals surface area contributed by atoms with Crippen molar-refractivity contribution in [3.05, 3.63) is 101 Å². The smallest absolute Gasteiger partial charge is 0.435 e. The third-order valence-corrected chi connectivity index (χ3v) is 7.75. The van der Waals surface area contributed by atoms with E-state index in [4.69, 9.17) is 14.2 Å². The van der Waals surface area contributed by atoms with Crippen LogP contribution in [0.1, 0.15) is 72.5 Å². The standard InChI is InChI=1S/C35H36F3N5O5/c1-34(2,3)48-33(45)40-19-22-7-4-10-25(15-22)43-27(17-29(42-43)35(36,37)38)32(44)41-24-9-5-8-23(16-24)30(39-18-21-13-14-21)26-11-6-12-28-31(26)47-20-46-28/h4-12,15-17,21,30,39H,13-14,18-20H2,1-3H3,(H,40,45)(H,41,44). The summed E-state index contributed by atoms with van der Waals surface area (Å²) in [6.07, 6.45) is -3.13. The monoisotopic (exact) mass is 663 g/mol. The quantitative estimate of drug-likeness (QED) is 0.168. The van der Waals surface area contributed by atoms with E-state index in [0.717, 1.165) is 41.3 Å². The number of ether oxygens (including phenoxy) is 3. The van der Waals surface area contributed by atoms with Gasteiger partial charge in [-0.2, -0.15) is 18.3 Å². The Morgan fingerprint density at radius 2 is 1.77 bits per heavy atom. The molecule has 48 heavy (non-hydrogen) atoms. The van der Waals surface area contributed by atoms with Crippen LogP contribution in [0.3, 0.4) is 0 Å². The Bertz CT molecular complexity index is 1810. The van der Waals surface area contributed by atoms with Crippen LogP contribution in [0.5, 0.6) is 11.5 Å². The van der Waals surface area contributed by atoms with Crippen LogP contribution >= 0.6 is 0 Å². The second-order valence-electron chi connectivity index (χ2n) is 12.8. The summed E-state index contributed by atoms with van der Waals surface area (Å²) >= 11 is 0. The summed E-state index contributed by atoms with van der Waals surface area (Å²) < 4.78 is 59.1. The third-order valence-electron chi connectivity index (χ3n) is 7.75. The van der Waals surface area contributed by atoms with E-state index < -0.39 is 29.5 Å². The van der Waals surface area contributed by atoms with E-state index in [-0.39, 0.29) is 30.8 Å². The van der Waals surface area contributed by atoms with Crippen molar-refractivity contribution >= 4 is 17.7 Å². The molecule has 1 fully saturated rings. The Labute approximate surface area is 275 Å². The normalized spacial score (nSPS) is 14.8. The molecule has 1 aliphatic heterocycles. The van der Waals surface area contributed by atoms with Gasteiger partial charge in [-0.1, -0.05) is 36.4 Å². The number of halogens is 3. The van der Waals surface area contributed by atoms with Crippen LogP contribution in [0.2, 0.25) is 0 Å². The molecular weight excluding hydrogens is 627 g/mol. The van der Waals surface area contributed by atoms with Gasteiger partial charge >= 0.3 is 12.3 Å². The molecule has 252 valence electrons. The number of carbonyl (C=O) groups excluding carboxylic acids is 2. The molecule has 2 heterocycles. The van der Waals surface area contributed by atoms with Gasteiger partial charge in [0.2, 0.25) is 6.79 Å². The molecule has 13 heteroatoms. The van der Waals surface area contributed by atoms with Crippen LogP contribution in [0.25, 0.3) is 5.69 Å². The molecule has 0 spiro atoms. The zero-order chi connectivity index (χ0) is 34.1. The molecule has 0 bridgehead atoms. The molecule has 2 aliphatic rings. The van der Waals surface area contributed by atoms with Crippen molar-refractivity contribution in [2.24, 2.45) is 5.92 Å². The van der Waals surface area contributed by atoms with Crippen molar-refractivity contribution in [3.8, 4) is 17.2 Å². The predicted octanol–water partition coefficient (Wildman–Crippen LogP) is 6.99. The van der Waals surface area contributed by atoms with Crippen molar-refractivity contribution in [2.75, 3.05) is 18.7 Å². The molecule has 0 radical (unpaired) electrons. The molecule has 1 aromatic heterocycles. The van der Waals surface area contributed by atoms with Gasteiger partial charge in [0.15, 0.2) is 17.2 Å². The van der Waals surface area contributed by atoms with Gasteiger partial charge < -0.3 is 30.2 Å². The van der Waals surface area contributed by atoms with Crippen molar-refractivity contribution in [1.29, 1.82) is 0 Å². The first-order valence-corrected chi connectivity index (χ1v) is 15.6. The van der Waals surface area contributed by atoms with Crippen molar-refractivity contribution < 1.29 is 37.0 Å². The molecule has 1 aliphatic carbocycles. The number of aromatic nitrogens is 2. The number of alkyl carbamates (subject to hydrolysis) is 1. The number of benzene rings is 3. The maximum atomic E-state index is 13.8. The number of alkyl halides is 3. The highest BCUT2D eigenvalue weighted by Gasteiger charge is 2.36. The number of carbonyl (C=O) groups is 2. The fraction of sp³-hybridized carbons (Fsp3) is 0.343. The van der Waals surface area contributed by atoms with Crippen molar-refractivity contribution in [1.82, 2.24) is 20.4 Å². The highest BCUT2D eigenvalue weighted by atomic mass is 19.4. The lowest BCUT2D eigenvalue weighted by atomic mass is 9.96. The zero-order valence-corrected chi connectivity index (χ0v) is 26.7. The molecule has 4 aromatic rings. The molecule has 2 amide bonds. The number of fused-ring (bicyclic) bond motifs is 1. The second kappa shape index (κ2) is 13.2. The Hall–Kier alpha value is -5.04. The van der Waals surface area contributed by atoms with Crippen LogP contribution in [-0.4, -0.2) is 40.7 Å². The number of hydrogen-bond donors (Lipinski definition) is 3. The number of anilines is 1. The van der Waals surface area contributed by atoms with E-state index in [9.17, 15) is 22.8 Å². The fourth-order valence-corrected chi connectivity index (χ4v) is 5.35. The first kappa shape index (κ1) is 32.9. The number of amides is 2. The highest BCUT2D eigenvalue weighted by Crippen LogP contribution is 2.41. The second-order valence-corrected chi connectivity index (χ2v) is 12.8. The van der Waals surface area contributed by atoms with Crippen LogP contribution < -0.4 is 25.4 Å². The van der Waals surface area contributed by atoms with Gasteiger partial charge in [-0.15, -0.1) is 0 Å². The van der Waals surface area contributed by atoms with E-state index in [1.807, 2.05) is 24.3 Å². The lowest BCUT2D eigenvalue weighted by Gasteiger charge is -2.22. The van der Waals surface area contributed by atoms with Gasteiger partial charge in [0.05, 0.1) is 11.7 Å². The van der Waals surface area contributed by atoms with Gasteiger partial charge in [0, 0.05) is 23.9 Å². The first-order chi connectivity index (χ1) is 22.8. The average Bonchev–Trinajstić information content (AvgIpc) is 3.51. The Morgan fingerprint density at radius 3 is 2.52 bits per heavy atom. The maximum absolute atomic E-state index is 13.8. The van der Waals surface area contributed by atoms with Crippen LogP contribution in [0, 0.1) is 5.92 Å². The minimum atomic E-state index is -4.79. The first-order valence-electron chi connectivity index (χ1n) is 15.6. The van der Waals surface area contributed by atoms with E-state index in [1.165, 1.54) is 6.07 Å². The summed E-state index contributed by atoms with van der Waals surface area (Å²) in [6.45, 7) is 6.15. The predicted molar refractivity (Wildman–Crippen MR) is 171 cm³/mol. The Morgan fingerprint density at radius 1 is 1.00 bits per heavy atom. The molecule has 3 aromatic carbocycles. The van der Waals surface area contributed by atoms with Gasteiger partial charge in [-0.25, -0.2) is 9.48 Å². The van der Waals surface area contributed by atoms with Gasteiger partial charge in [0.1, 0.15) is 11.3 Å². The molecule has 0 saturated heterocycles. The summed E-state index contributed by atoms with van der Waals surface area (Å²) in [6, 6.07) is 19.6. The van der Waals surface area contributed by atoms with E-state index in [0.29, 0.717) is 28.7 Å². The number of rotatable bonds is 10. The lowest BCUT2D eigenvalue weighted by molar-refractivity contribution is -0.141. The van der Waals surface area contributed by atoms with Crippen molar-refractivity contribution in [3.63, 3.8) is 0 Å². The van der Waals surface area contributed by atoms with E-state index in [2.05, 4.69) is 21.0 Å². The molecular formula is C35H36F3N5O5. The summed E-state index contributed by atoms with van der Waals surface area (Å²) in [5.74, 6) is 1.09. The highest BCUT2D eigenvalue weighted by molar-refractivity contribution is 6.03. The number of hydrogen-bond acceptors (Lipinski definition) is 7. The van der Waals surface area contributed by atoms with Gasteiger partial charge in [-0.05, 0) is 87.5 Å². The third kappa shape index (κ3) is 7.91. The summed E-state index contributed by atoms with van der Waals surface area (Å²) in [4.78, 5) is 25.8. The van der Waals surface area contributed by atoms with Crippen molar-refractivity contribution in [2.45, 2.75) is 58.0 Å². The van der Waals surface area contributed by atoms with E-state index in [1.54, 1.807) is 57.2 Å². The summed E-state index contributed by atoms with van der Waals surface area (Å²) in [5.41, 5.74) is 0.621. The Balaban J connectivity index is 1.26. The maximum Gasteiger partial charge on any atom is 0.435 e. The average molecular weight is 664 g/mol.